The van der Waals surface area contributed by atoms with Gasteiger partial charge >= 0.3 is 11.9 Å². The number of aryl methyl sites for hydroxylation is 1. The Balaban J connectivity index is 1.13. The van der Waals surface area contributed by atoms with Crippen LogP contribution in [0.1, 0.15) is 52.0 Å². The molecule has 6 fully saturated rings. The third-order valence-corrected chi connectivity index (χ3v) is 10.5. The molecule has 44 heavy (non-hydrogen) atoms. The lowest BCUT2D eigenvalue weighted by Gasteiger charge is -2.49. The number of piperidine rings is 6. The Labute approximate surface area is 256 Å². The molecule has 2 aromatic carbocycles. The van der Waals surface area contributed by atoms with Crippen LogP contribution in [0.3, 0.4) is 0 Å². The zero-order chi connectivity index (χ0) is 31.2. The molecule has 2 amide bonds. The van der Waals surface area contributed by atoms with E-state index in [0.29, 0.717) is 24.6 Å². The molecule has 4 atom stereocenters. The summed E-state index contributed by atoms with van der Waals surface area (Å²) >= 11 is 0. The van der Waals surface area contributed by atoms with Crippen LogP contribution in [0.4, 0.5) is 0 Å². The predicted molar refractivity (Wildman–Crippen MR) is 161 cm³/mol. The molecule has 11 heteroatoms. The predicted octanol–water partition coefficient (Wildman–Crippen LogP) is 2.03. The van der Waals surface area contributed by atoms with Gasteiger partial charge in [0.1, 0.15) is 6.04 Å². The second kappa shape index (κ2) is 11.9. The molecule has 0 aromatic heterocycles. The molecule has 0 saturated carbocycles. The Kier molecular flexibility index (Phi) is 8.21. The zero-order valence-corrected chi connectivity index (χ0v) is 24.9. The number of fused-ring (bicyclic) bond motifs is 6. The summed E-state index contributed by atoms with van der Waals surface area (Å²) in [5, 5.41) is 36.2. The van der Waals surface area contributed by atoms with Gasteiger partial charge in [-0.1, -0.05) is 18.2 Å². The van der Waals surface area contributed by atoms with E-state index in [9.17, 15) is 34.5 Å². The van der Waals surface area contributed by atoms with Crippen molar-refractivity contribution in [3.63, 3.8) is 0 Å². The van der Waals surface area contributed by atoms with Gasteiger partial charge in [0.25, 0.3) is 11.8 Å². The minimum Gasteiger partial charge on any atom is -0.480 e. The quantitative estimate of drug-likeness (QED) is 0.270. The van der Waals surface area contributed by atoms with E-state index in [-0.39, 0.29) is 17.4 Å². The maximum absolute atomic E-state index is 13.2. The number of nitrogens with one attached hydrogen (secondary N) is 2. The van der Waals surface area contributed by atoms with E-state index < -0.39 is 41.4 Å². The molecule has 6 aliphatic heterocycles. The average molecular weight is 605 g/mol. The normalized spacial score (nSPS) is 29.3. The van der Waals surface area contributed by atoms with Crippen molar-refractivity contribution in [1.29, 1.82) is 0 Å². The highest BCUT2D eigenvalue weighted by atomic mass is 16.4. The van der Waals surface area contributed by atoms with E-state index in [0.717, 1.165) is 68.6 Å². The lowest BCUT2D eigenvalue weighted by molar-refractivity contribution is -0.179. The van der Waals surface area contributed by atoms with Gasteiger partial charge in [-0.05, 0) is 112 Å². The highest BCUT2D eigenvalue weighted by Crippen LogP contribution is 2.38. The molecule has 0 radical (unpaired) electrons. The van der Waals surface area contributed by atoms with Crippen molar-refractivity contribution in [2.75, 3.05) is 39.3 Å². The number of carbonyl (C=O) groups is 4. The van der Waals surface area contributed by atoms with Crippen molar-refractivity contribution >= 4 is 23.8 Å². The number of nitrogens with zero attached hydrogens (tertiary/aromatic N) is 2. The van der Waals surface area contributed by atoms with Crippen LogP contribution in [0.5, 0.6) is 0 Å². The molecular formula is C33H40N4O7. The summed E-state index contributed by atoms with van der Waals surface area (Å²) in [6.45, 7) is 6.66. The molecule has 0 spiro atoms. The van der Waals surface area contributed by atoms with Gasteiger partial charge in [-0.2, -0.15) is 0 Å². The molecule has 6 saturated heterocycles. The maximum Gasteiger partial charge on any atom is 0.357 e. The first-order chi connectivity index (χ1) is 21.0. The first-order valence-electron chi connectivity index (χ1n) is 15.5. The SMILES string of the molecule is Cc1cc(C(=O)N[C@@](O)(C(=O)O)[C@H]2CN3CCC2CC3)ccc1-c1ccc(C(=O)N[C@@H](C(=O)O)[C@H]2CN3CCC2CC3)cc1. The molecule has 8 rings (SSSR count). The van der Waals surface area contributed by atoms with Gasteiger partial charge in [-0.3, -0.25) is 9.59 Å². The van der Waals surface area contributed by atoms with E-state index in [1.807, 2.05) is 6.92 Å². The van der Waals surface area contributed by atoms with E-state index in [2.05, 4.69) is 20.4 Å². The Bertz CT molecular complexity index is 1450. The number of carbonyl (C=O) groups excluding carboxylic acids is 2. The van der Waals surface area contributed by atoms with Crippen LogP contribution in [0, 0.1) is 30.6 Å². The summed E-state index contributed by atoms with van der Waals surface area (Å²) in [5.41, 5.74) is 0.594. The van der Waals surface area contributed by atoms with Gasteiger partial charge in [0.05, 0.1) is 0 Å². The van der Waals surface area contributed by atoms with Crippen LogP contribution in [-0.2, 0) is 9.59 Å². The van der Waals surface area contributed by atoms with Gasteiger partial charge in [-0.15, -0.1) is 0 Å². The molecule has 5 N–H and O–H groups in total. The number of aliphatic hydroxyl groups is 1. The van der Waals surface area contributed by atoms with Crippen molar-refractivity contribution in [3.05, 3.63) is 59.2 Å². The van der Waals surface area contributed by atoms with Crippen LogP contribution >= 0.6 is 0 Å². The number of hydrogen-bond acceptors (Lipinski definition) is 7. The summed E-state index contributed by atoms with van der Waals surface area (Å²) in [4.78, 5) is 55.0. The van der Waals surface area contributed by atoms with E-state index in [1.165, 1.54) is 0 Å². The number of aliphatic carboxylic acids is 2. The van der Waals surface area contributed by atoms with E-state index in [1.54, 1.807) is 42.5 Å². The average Bonchev–Trinajstić information content (AvgIpc) is 3.04. The molecule has 0 unspecified atom stereocenters. The summed E-state index contributed by atoms with van der Waals surface area (Å²) < 4.78 is 0. The largest absolute Gasteiger partial charge is 0.480 e. The standard InChI is InChI=1S/C33H40N4O7/c1-19-16-24(30(39)35-33(44,32(42)43)27-18-37-14-10-22(27)11-15-37)6-7-25(19)20-2-4-23(5-3-20)29(38)34-28(31(40)41)26-17-36-12-8-21(26)9-13-36/h2-7,16,21-22,26-28,44H,8-15,17-18H2,1H3,(H,34,38)(H,35,39)(H,40,41)(H,42,43)/t26-,27-,28+,33-/m0/s1. The summed E-state index contributed by atoms with van der Waals surface area (Å²) in [5.74, 6) is -3.94. The van der Waals surface area contributed by atoms with Gasteiger partial charge in [0, 0.05) is 36.1 Å². The van der Waals surface area contributed by atoms with Crippen molar-refractivity contribution in [3.8, 4) is 11.1 Å². The van der Waals surface area contributed by atoms with Gasteiger partial charge in [-0.25, -0.2) is 9.59 Å². The molecule has 234 valence electrons. The smallest absolute Gasteiger partial charge is 0.357 e. The molecule has 6 heterocycles. The highest BCUT2D eigenvalue weighted by Gasteiger charge is 2.52. The van der Waals surface area contributed by atoms with Crippen molar-refractivity contribution in [2.45, 2.75) is 44.4 Å². The Morgan fingerprint density at radius 2 is 1.41 bits per heavy atom. The number of amides is 2. The second-order valence-electron chi connectivity index (χ2n) is 13.0. The number of carboxylic acids is 2. The van der Waals surface area contributed by atoms with Gasteiger partial charge in [0.2, 0.25) is 5.72 Å². The van der Waals surface area contributed by atoms with Crippen LogP contribution in [-0.4, -0.2) is 99.9 Å². The first kappa shape index (κ1) is 30.2. The van der Waals surface area contributed by atoms with Crippen LogP contribution in [0.2, 0.25) is 0 Å². The molecule has 2 aromatic rings. The van der Waals surface area contributed by atoms with Gasteiger partial charge in [0.15, 0.2) is 0 Å². The Hall–Kier alpha value is -3.80. The fraction of sp³-hybridized carbons (Fsp3) is 0.515. The zero-order valence-electron chi connectivity index (χ0n) is 24.9. The van der Waals surface area contributed by atoms with Gasteiger partial charge < -0.3 is 35.8 Å². The molecule has 0 aliphatic carbocycles. The first-order valence-corrected chi connectivity index (χ1v) is 15.5. The molecule has 11 nitrogen and oxygen atoms in total. The van der Waals surface area contributed by atoms with E-state index in [4.69, 9.17) is 0 Å². The topological polar surface area (TPSA) is 160 Å². The fourth-order valence-corrected chi connectivity index (χ4v) is 7.88. The third kappa shape index (κ3) is 5.71. The molecular weight excluding hydrogens is 564 g/mol. The van der Waals surface area contributed by atoms with E-state index >= 15 is 0 Å². The number of carboxylic acid groups (broad SMARTS) is 2. The number of hydrogen-bond donors (Lipinski definition) is 5. The summed E-state index contributed by atoms with van der Waals surface area (Å²) in [6.07, 6.45) is 3.51. The summed E-state index contributed by atoms with van der Waals surface area (Å²) in [6, 6.07) is 10.9. The fourth-order valence-electron chi connectivity index (χ4n) is 7.88. The Morgan fingerprint density at radius 3 is 1.91 bits per heavy atom. The lowest BCUT2D eigenvalue weighted by atomic mass is 9.73. The van der Waals surface area contributed by atoms with Crippen molar-refractivity contribution < 1.29 is 34.5 Å². The minimum absolute atomic E-state index is 0.0333. The molecule has 6 aliphatic rings. The molecule has 4 bridgehead atoms. The maximum atomic E-state index is 13.2. The summed E-state index contributed by atoms with van der Waals surface area (Å²) in [7, 11) is 0. The van der Waals surface area contributed by atoms with Crippen LogP contribution < -0.4 is 10.6 Å². The number of rotatable bonds is 9. The number of benzene rings is 2. The Morgan fingerprint density at radius 1 is 0.818 bits per heavy atom. The van der Waals surface area contributed by atoms with Crippen molar-refractivity contribution in [1.82, 2.24) is 20.4 Å². The van der Waals surface area contributed by atoms with Crippen molar-refractivity contribution in [2.24, 2.45) is 23.7 Å². The minimum atomic E-state index is -2.36. The van der Waals surface area contributed by atoms with Crippen LogP contribution in [0.25, 0.3) is 11.1 Å². The monoisotopic (exact) mass is 604 g/mol. The second-order valence-corrected chi connectivity index (χ2v) is 13.0. The lowest BCUT2D eigenvalue weighted by Crippen LogP contribution is -2.66. The highest BCUT2D eigenvalue weighted by molar-refractivity contribution is 5.99. The van der Waals surface area contributed by atoms with Crippen LogP contribution in [0.15, 0.2) is 42.5 Å². The third-order valence-electron chi connectivity index (χ3n) is 10.5.